The predicted octanol–water partition coefficient (Wildman–Crippen LogP) is 6.73. The second kappa shape index (κ2) is 10.6. The quantitative estimate of drug-likeness (QED) is 0.0883. The maximum absolute atomic E-state index is 13.1. The van der Waals surface area contributed by atoms with E-state index in [1.165, 1.54) is 6.07 Å². The summed E-state index contributed by atoms with van der Waals surface area (Å²) in [6.07, 6.45) is 4.39. The van der Waals surface area contributed by atoms with E-state index in [-0.39, 0.29) is 28.6 Å². The first-order chi connectivity index (χ1) is 17.0. The zero-order valence-corrected chi connectivity index (χ0v) is 20.1. The lowest BCUT2D eigenvalue weighted by molar-refractivity contribution is 0.103. The molecule has 1 aromatic heterocycles. The van der Waals surface area contributed by atoms with E-state index in [0.29, 0.717) is 17.5 Å². The first-order valence-corrected chi connectivity index (χ1v) is 12.1. The summed E-state index contributed by atoms with van der Waals surface area (Å²) in [5, 5.41) is 24.6. The zero-order valence-electron chi connectivity index (χ0n) is 20.1. The molecule has 0 radical (unpaired) electrons. The summed E-state index contributed by atoms with van der Waals surface area (Å²) in [7, 11) is 0. The van der Waals surface area contributed by atoms with Crippen molar-refractivity contribution in [1.29, 1.82) is 0 Å². The molecular formula is C29H30N2O4. The number of ketones is 2. The maximum Gasteiger partial charge on any atom is 0.210 e. The van der Waals surface area contributed by atoms with Gasteiger partial charge in [0.2, 0.25) is 5.78 Å². The SMILES string of the molecule is CCCCCC/C(=N\O)C(=O)c1ccc2c(c1)c1cc(C(=O)c3ccccc3O)ccc1n2CC. The van der Waals surface area contributed by atoms with Crippen molar-refractivity contribution in [2.75, 3.05) is 0 Å². The van der Waals surface area contributed by atoms with Gasteiger partial charge in [-0.3, -0.25) is 9.59 Å². The number of hydrogen-bond donors (Lipinski definition) is 2. The summed E-state index contributed by atoms with van der Waals surface area (Å²) in [4.78, 5) is 26.2. The number of fused-ring (bicyclic) bond motifs is 3. The molecule has 4 rings (SSSR count). The van der Waals surface area contributed by atoms with Crippen LogP contribution in [0.5, 0.6) is 5.75 Å². The molecule has 0 unspecified atom stereocenters. The fourth-order valence-corrected chi connectivity index (χ4v) is 4.64. The van der Waals surface area contributed by atoms with Crippen molar-refractivity contribution in [3.8, 4) is 5.75 Å². The molecule has 0 aliphatic heterocycles. The van der Waals surface area contributed by atoms with Crippen molar-refractivity contribution in [3.05, 3.63) is 77.4 Å². The number of hydrogen-bond acceptors (Lipinski definition) is 5. The van der Waals surface area contributed by atoms with E-state index in [1.54, 1.807) is 30.3 Å². The Morgan fingerprint density at radius 2 is 1.51 bits per heavy atom. The second-order valence-corrected chi connectivity index (χ2v) is 8.74. The fourth-order valence-electron chi connectivity index (χ4n) is 4.64. The van der Waals surface area contributed by atoms with Gasteiger partial charge in [-0.1, -0.05) is 43.5 Å². The lowest BCUT2D eigenvalue weighted by atomic mass is 9.98. The van der Waals surface area contributed by atoms with Gasteiger partial charge in [0.15, 0.2) is 5.78 Å². The van der Waals surface area contributed by atoms with E-state index in [9.17, 15) is 19.9 Å². The number of phenols is 1. The van der Waals surface area contributed by atoms with Crippen LogP contribution >= 0.6 is 0 Å². The van der Waals surface area contributed by atoms with E-state index in [2.05, 4.69) is 16.6 Å². The Labute approximate surface area is 204 Å². The van der Waals surface area contributed by atoms with E-state index in [1.807, 2.05) is 31.2 Å². The minimum Gasteiger partial charge on any atom is -0.507 e. The number of carbonyl (C=O) groups excluding carboxylic acids is 2. The number of phenolic OH excluding ortho intramolecular Hbond substituents is 1. The van der Waals surface area contributed by atoms with Crippen LogP contribution in [0.1, 0.15) is 72.2 Å². The molecule has 6 heteroatoms. The number of oxime groups is 1. The van der Waals surface area contributed by atoms with Gasteiger partial charge >= 0.3 is 0 Å². The van der Waals surface area contributed by atoms with Gasteiger partial charge in [0, 0.05) is 39.5 Å². The van der Waals surface area contributed by atoms with Crippen LogP contribution in [0.25, 0.3) is 21.8 Å². The molecule has 0 saturated heterocycles. The molecule has 3 aromatic carbocycles. The molecule has 35 heavy (non-hydrogen) atoms. The van der Waals surface area contributed by atoms with Crippen molar-refractivity contribution in [3.63, 3.8) is 0 Å². The lowest BCUT2D eigenvalue weighted by Crippen LogP contribution is -2.14. The predicted molar refractivity (Wildman–Crippen MR) is 139 cm³/mol. The Balaban J connectivity index is 1.76. The molecule has 0 amide bonds. The molecule has 2 N–H and O–H groups in total. The highest BCUT2D eigenvalue weighted by Crippen LogP contribution is 2.32. The first kappa shape index (κ1) is 24.2. The Morgan fingerprint density at radius 3 is 2.14 bits per heavy atom. The summed E-state index contributed by atoms with van der Waals surface area (Å²) in [6.45, 7) is 4.89. The Bertz CT molecular complexity index is 1430. The van der Waals surface area contributed by atoms with Crippen LogP contribution in [0, 0.1) is 0 Å². The van der Waals surface area contributed by atoms with Gasteiger partial charge in [0.1, 0.15) is 11.5 Å². The van der Waals surface area contributed by atoms with Gasteiger partial charge in [-0.25, -0.2) is 0 Å². The fraction of sp³-hybridized carbons (Fsp3) is 0.276. The van der Waals surface area contributed by atoms with E-state index in [0.717, 1.165) is 54.0 Å². The van der Waals surface area contributed by atoms with Gasteiger partial charge < -0.3 is 14.9 Å². The third kappa shape index (κ3) is 4.69. The molecule has 0 aliphatic rings. The van der Waals surface area contributed by atoms with Crippen LogP contribution in [0.2, 0.25) is 0 Å². The second-order valence-electron chi connectivity index (χ2n) is 8.74. The molecule has 180 valence electrons. The van der Waals surface area contributed by atoms with Gasteiger partial charge in [-0.2, -0.15) is 0 Å². The van der Waals surface area contributed by atoms with Crippen LogP contribution in [0.3, 0.4) is 0 Å². The molecule has 0 aliphatic carbocycles. The Hall–Kier alpha value is -3.93. The number of nitrogens with zero attached hydrogens (tertiary/aromatic N) is 2. The Morgan fingerprint density at radius 1 is 0.857 bits per heavy atom. The molecule has 1 heterocycles. The summed E-state index contributed by atoms with van der Waals surface area (Å²) in [5.41, 5.74) is 3.23. The normalized spacial score (nSPS) is 11.9. The lowest BCUT2D eigenvalue weighted by Gasteiger charge is -2.06. The van der Waals surface area contributed by atoms with Gasteiger partial charge in [-0.05, 0) is 68.3 Å². The van der Waals surface area contributed by atoms with Crippen molar-refractivity contribution in [2.24, 2.45) is 5.16 Å². The Kier molecular flexibility index (Phi) is 7.30. The number of aryl methyl sites for hydroxylation is 1. The van der Waals surface area contributed by atoms with Crippen LogP contribution in [0.4, 0.5) is 0 Å². The minimum absolute atomic E-state index is 0.0591. The highest BCUT2D eigenvalue weighted by atomic mass is 16.4. The maximum atomic E-state index is 13.1. The van der Waals surface area contributed by atoms with Crippen molar-refractivity contribution in [2.45, 2.75) is 52.5 Å². The third-order valence-corrected chi connectivity index (χ3v) is 6.50. The van der Waals surface area contributed by atoms with Crippen molar-refractivity contribution in [1.82, 2.24) is 4.57 Å². The molecular weight excluding hydrogens is 440 g/mol. The molecule has 0 spiro atoms. The van der Waals surface area contributed by atoms with E-state index < -0.39 is 0 Å². The summed E-state index contributed by atoms with van der Waals surface area (Å²) < 4.78 is 2.14. The number of benzene rings is 3. The van der Waals surface area contributed by atoms with E-state index in [4.69, 9.17) is 0 Å². The van der Waals surface area contributed by atoms with Gasteiger partial charge in [0.25, 0.3) is 0 Å². The van der Waals surface area contributed by atoms with Crippen molar-refractivity contribution >= 4 is 39.1 Å². The smallest absolute Gasteiger partial charge is 0.210 e. The highest BCUT2D eigenvalue weighted by molar-refractivity contribution is 6.46. The van der Waals surface area contributed by atoms with Gasteiger partial charge in [-0.15, -0.1) is 0 Å². The first-order valence-electron chi connectivity index (χ1n) is 12.1. The number of unbranched alkanes of at least 4 members (excludes halogenated alkanes) is 3. The number of carbonyl (C=O) groups is 2. The van der Waals surface area contributed by atoms with E-state index >= 15 is 0 Å². The van der Waals surface area contributed by atoms with Gasteiger partial charge in [0.05, 0.1) is 5.56 Å². The summed E-state index contributed by atoms with van der Waals surface area (Å²) >= 11 is 0. The van der Waals surface area contributed by atoms with Crippen LogP contribution < -0.4 is 0 Å². The molecule has 0 saturated carbocycles. The van der Waals surface area contributed by atoms with Crippen LogP contribution in [0.15, 0.2) is 65.8 Å². The number of Topliss-reactive ketones (excluding diaryl/α,β-unsaturated/α-hetero) is 1. The largest absolute Gasteiger partial charge is 0.507 e. The standard InChI is InChI=1S/C29H30N2O4/c1-3-5-6-7-11-24(30-35)29(34)20-14-16-26-23(18-20)22-17-19(13-15-25(22)31(26)4-2)28(33)21-10-8-9-12-27(21)32/h8-10,12-18,32,35H,3-7,11H2,1-2H3/b30-24+. The topological polar surface area (TPSA) is 91.9 Å². The average Bonchev–Trinajstić information content (AvgIpc) is 3.20. The molecule has 0 bridgehead atoms. The van der Waals surface area contributed by atoms with Crippen LogP contribution in [-0.2, 0) is 6.54 Å². The van der Waals surface area contributed by atoms with Crippen molar-refractivity contribution < 1.29 is 19.9 Å². The molecule has 6 nitrogen and oxygen atoms in total. The number of aromatic hydroxyl groups is 1. The summed E-state index contributed by atoms with van der Waals surface area (Å²) in [5.74, 6) is -0.614. The highest BCUT2D eigenvalue weighted by Gasteiger charge is 2.19. The molecule has 0 atom stereocenters. The minimum atomic E-state index is -0.287. The molecule has 4 aromatic rings. The summed E-state index contributed by atoms with van der Waals surface area (Å²) in [6, 6.07) is 17.5. The third-order valence-electron chi connectivity index (χ3n) is 6.50. The average molecular weight is 471 g/mol. The number of para-hydroxylation sites is 1. The number of rotatable bonds is 10. The molecule has 0 fully saturated rings. The number of aromatic nitrogens is 1. The monoisotopic (exact) mass is 470 g/mol. The van der Waals surface area contributed by atoms with Crippen LogP contribution in [-0.4, -0.2) is 32.2 Å². The zero-order chi connectivity index (χ0) is 24.9.